The zero-order valence-electron chi connectivity index (χ0n) is 16.0. The van der Waals surface area contributed by atoms with E-state index in [4.69, 9.17) is 0 Å². The molecule has 0 saturated heterocycles. The molecule has 0 bridgehead atoms. The summed E-state index contributed by atoms with van der Waals surface area (Å²) < 4.78 is 0.869. The summed E-state index contributed by atoms with van der Waals surface area (Å²) in [5, 5.41) is 26.1. The summed E-state index contributed by atoms with van der Waals surface area (Å²) in [7, 11) is 0. The highest BCUT2D eigenvalue weighted by atomic mass is 79.9. The zero-order chi connectivity index (χ0) is 21.8. The van der Waals surface area contributed by atoms with Crippen LogP contribution in [-0.2, 0) is 9.59 Å². The average molecular weight is 472 g/mol. The van der Waals surface area contributed by atoms with Gasteiger partial charge in [0, 0.05) is 22.2 Å². The molecule has 8 nitrogen and oxygen atoms in total. The first-order valence-corrected chi connectivity index (χ1v) is 9.94. The van der Waals surface area contributed by atoms with Gasteiger partial charge in [0.2, 0.25) is 0 Å². The van der Waals surface area contributed by atoms with Crippen molar-refractivity contribution in [2.45, 2.75) is 19.8 Å². The van der Waals surface area contributed by atoms with E-state index in [0.29, 0.717) is 23.4 Å². The van der Waals surface area contributed by atoms with Crippen LogP contribution < -0.4 is 5.01 Å². The Morgan fingerprint density at radius 1 is 1.23 bits per heavy atom. The van der Waals surface area contributed by atoms with Crippen LogP contribution in [0.3, 0.4) is 0 Å². The minimum Gasteiger partial charge on any atom is -0.478 e. The second-order valence-electron chi connectivity index (χ2n) is 6.65. The predicted molar refractivity (Wildman–Crippen MR) is 116 cm³/mol. The maximum absolute atomic E-state index is 13.0. The van der Waals surface area contributed by atoms with E-state index in [-0.39, 0.29) is 23.6 Å². The van der Waals surface area contributed by atoms with Crippen molar-refractivity contribution in [3.8, 4) is 0 Å². The second kappa shape index (κ2) is 9.00. The first-order valence-electron chi connectivity index (χ1n) is 9.15. The fourth-order valence-corrected chi connectivity index (χ4v) is 3.41. The molecule has 0 aliphatic carbocycles. The van der Waals surface area contributed by atoms with E-state index in [0.717, 1.165) is 4.47 Å². The lowest BCUT2D eigenvalue weighted by atomic mass is 9.92. The summed E-state index contributed by atoms with van der Waals surface area (Å²) in [4.78, 5) is 35.1. The highest BCUT2D eigenvalue weighted by Gasteiger charge is 2.37. The predicted octanol–water partition coefficient (Wildman–Crippen LogP) is 4.64. The highest BCUT2D eigenvalue weighted by molar-refractivity contribution is 9.10. The fraction of sp³-hybridized carbons (Fsp3) is 0.190. The van der Waals surface area contributed by atoms with Crippen molar-refractivity contribution in [3.05, 3.63) is 74.3 Å². The lowest BCUT2D eigenvalue weighted by Crippen LogP contribution is -2.28. The molecule has 3 rings (SSSR count). The molecule has 1 atom stereocenters. The Labute approximate surface area is 180 Å². The molecular weight excluding hydrogens is 454 g/mol. The number of benzene rings is 2. The van der Waals surface area contributed by atoms with Crippen molar-refractivity contribution in [1.29, 1.82) is 0 Å². The molecule has 1 aliphatic rings. The number of carboxylic acid groups (broad SMARTS) is 1. The van der Waals surface area contributed by atoms with Crippen molar-refractivity contribution < 1.29 is 19.6 Å². The van der Waals surface area contributed by atoms with E-state index < -0.39 is 16.8 Å². The molecule has 1 unspecified atom stereocenters. The van der Waals surface area contributed by atoms with Gasteiger partial charge in [0.1, 0.15) is 0 Å². The maximum Gasteiger partial charge on any atom is 0.331 e. The molecular formula is C21H18BrN3O5. The number of halogens is 1. The molecule has 9 heteroatoms. The minimum absolute atomic E-state index is 0.0230. The summed E-state index contributed by atoms with van der Waals surface area (Å²) in [6.07, 6.45) is 1.91. The topological polar surface area (TPSA) is 113 Å². The number of hydrazone groups is 1. The fourth-order valence-electron chi connectivity index (χ4n) is 3.15. The van der Waals surface area contributed by atoms with E-state index in [1.807, 2.05) is 6.92 Å². The van der Waals surface area contributed by atoms with Gasteiger partial charge in [-0.1, -0.05) is 22.9 Å². The van der Waals surface area contributed by atoms with E-state index in [1.165, 1.54) is 35.4 Å². The van der Waals surface area contributed by atoms with Crippen molar-refractivity contribution in [3.63, 3.8) is 0 Å². The van der Waals surface area contributed by atoms with Crippen molar-refractivity contribution >= 4 is 51.0 Å². The number of carboxylic acids is 1. The lowest BCUT2D eigenvalue weighted by molar-refractivity contribution is -0.384. The van der Waals surface area contributed by atoms with Crippen molar-refractivity contribution in [2.75, 3.05) is 5.01 Å². The van der Waals surface area contributed by atoms with Gasteiger partial charge < -0.3 is 5.11 Å². The summed E-state index contributed by atoms with van der Waals surface area (Å²) in [5.74, 6) is -2.12. The Kier molecular flexibility index (Phi) is 6.41. The van der Waals surface area contributed by atoms with E-state index in [1.54, 1.807) is 24.3 Å². The molecule has 0 spiro atoms. The van der Waals surface area contributed by atoms with E-state index >= 15 is 0 Å². The molecule has 0 saturated carbocycles. The summed E-state index contributed by atoms with van der Waals surface area (Å²) >= 11 is 3.35. The van der Waals surface area contributed by atoms with Gasteiger partial charge in [-0.05, 0) is 60.9 Å². The third kappa shape index (κ3) is 4.62. The third-order valence-electron chi connectivity index (χ3n) is 4.71. The molecule has 1 amide bonds. The van der Waals surface area contributed by atoms with Crippen LogP contribution in [0.4, 0.5) is 11.4 Å². The molecule has 1 aliphatic heterocycles. The number of anilines is 1. The molecule has 0 aromatic heterocycles. The smallest absolute Gasteiger partial charge is 0.331 e. The third-order valence-corrected chi connectivity index (χ3v) is 5.24. The first-order chi connectivity index (χ1) is 14.3. The number of amides is 1. The number of carbonyl (C=O) groups is 2. The van der Waals surface area contributed by atoms with Crippen LogP contribution in [0.15, 0.2) is 63.7 Å². The van der Waals surface area contributed by atoms with Crippen LogP contribution in [0.2, 0.25) is 0 Å². The summed E-state index contributed by atoms with van der Waals surface area (Å²) in [5.41, 5.74) is 1.66. The maximum atomic E-state index is 13.0. The number of aliphatic carboxylic acids is 1. The largest absolute Gasteiger partial charge is 0.478 e. The number of nitro benzene ring substituents is 1. The molecule has 1 heterocycles. The monoisotopic (exact) mass is 471 g/mol. The Hall–Kier alpha value is -3.33. The van der Waals surface area contributed by atoms with Gasteiger partial charge in [-0.15, -0.1) is 0 Å². The molecule has 0 fully saturated rings. The van der Waals surface area contributed by atoms with Gasteiger partial charge >= 0.3 is 5.97 Å². The Bertz CT molecular complexity index is 1050. The summed E-state index contributed by atoms with van der Waals surface area (Å²) in [6, 6.07) is 12.7. The van der Waals surface area contributed by atoms with Crippen LogP contribution >= 0.6 is 15.9 Å². The summed E-state index contributed by atoms with van der Waals surface area (Å²) in [6.45, 7) is 1.87. The molecule has 154 valence electrons. The Balaban J connectivity index is 1.86. The quantitative estimate of drug-likeness (QED) is 0.358. The van der Waals surface area contributed by atoms with E-state index in [9.17, 15) is 24.8 Å². The van der Waals surface area contributed by atoms with Gasteiger partial charge in [-0.25, -0.2) is 9.80 Å². The van der Waals surface area contributed by atoms with Crippen LogP contribution in [0.25, 0.3) is 6.08 Å². The number of rotatable bonds is 7. The molecule has 2 aromatic rings. The number of nitrogens with zero attached hydrogens (tertiary/aromatic N) is 3. The van der Waals surface area contributed by atoms with Crippen molar-refractivity contribution in [1.82, 2.24) is 0 Å². The van der Waals surface area contributed by atoms with Gasteiger partial charge in [-0.3, -0.25) is 14.9 Å². The molecule has 1 N–H and O–H groups in total. The molecule has 2 aromatic carbocycles. The second-order valence-corrected chi connectivity index (χ2v) is 7.57. The molecule has 0 radical (unpaired) electrons. The SMILES string of the molecule is CCC1=NN(c2ccc(Br)cc2)C(=O)C1C/C(=C/c1ccc([N+](=O)[O-])cc1)C(=O)O. The van der Waals surface area contributed by atoms with Gasteiger partial charge in [0.05, 0.1) is 22.2 Å². The van der Waals surface area contributed by atoms with Crippen LogP contribution in [0, 0.1) is 16.0 Å². The number of hydrogen-bond acceptors (Lipinski definition) is 5. The first kappa shape index (κ1) is 21.4. The number of hydrogen-bond donors (Lipinski definition) is 1. The van der Waals surface area contributed by atoms with Crippen LogP contribution in [0.5, 0.6) is 0 Å². The zero-order valence-corrected chi connectivity index (χ0v) is 17.6. The standard InChI is InChI=1S/C21H18BrN3O5/c1-2-19-18(20(26)24(23-19)16-9-5-15(22)6-10-16)12-14(21(27)28)11-13-3-7-17(8-4-13)25(29)30/h3-11,18H,2,12H2,1H3,(H,27,28)/b14-11-. The van der Waals surface area contributed by atoms with Gasteiger partial charge in [0.15, 0.2) is 0 Å². The number of carbonyl (C=O) groups excluding carboxylic acids is 1. The highest BCUT2D eigenvalue weighted by Crippen LogP contribution is 2.30. The number of non-ortho nitro benzene ring substituents is 1. The normalized spacial score (nSPS) is 16.5. The van der Waals surface area contributed by atoms with Crippen LogP contribution in [-0.4, -0.2) is 27.6 Å². The van der Waals surface area contributed by atoms with Crippen LogP contribution in [0.1, 0.15) is 25.3 Å². The van der Waals surface area contributed by atoms with Gasteiger partial charge in [0.25, 0.3) is 11.6 Å². The van der Waals surface area contributed by atoms with E-state index in [2.05, 4.69) is 21.0 Å². The lowest BCUT2D eigenvalue weighted by Gasteiger charge is -2.15. The van der Waals surface area contributed by atoms with Crippen molar-refractivity contribution in [2.24, 2.45) is 11.0 Å². The molecule has 30 heavy (non-hydrogen) atoms. The Morgan fingerprint density at radius 3 is 2.40 bits per heavy atom. The van der Waals surface area contributed by atoms with Gasteiger partial charge in [-0.2, -0.15) is 5.10 Å². The minimum atomic E-state index is -1.15. The number of nitro groups is 1. The average Bonchev–Trinajstić information content (AvgIpc) is 3.04. The Morgan fingerprint density at radius 2 is 1.87 bits per heavy atom.